The van der Waals surface area contributed by atoms with E-state index in [2.05, 4.69) is 0 Å². The predicted octanol–water partition coefficient (Wildman–Crippen LogP) is 5.23. The van der Waals surface area contributed by atoms with Crippen molar-refractivity contribution in [2.75, 3.05) is 13.7 Å². The Morgan fingerprint density at radius 3 is 2.36 bits per heavy atom. The number of methoxy groups -OCH3 is 1. The summed E-state index contributed by atoms with van der Waals surface area (Å²) < 4.78 is 18.5. The Morgan fingerprint density at radius 2 is 1.69 bits per heavy atom. The highest BCUT2D eigenvalue weighted by molar-refractivity contribution is 5.88. The summed E-state index contributed by atoms with van der Waals surface area (Å²) in [5.41, 5.74) is 3.55. The van der Waals surface area contributed by atoms with Crippen LogP contribution in [-0.4, -0.2) is 59.9 Å². The van der Waals surface area contributed by atoms with Crippen LogP contribution in [0.4, 0.5) is 0 Å². The van der Waals surface area contributed by atoms with E-state index < -0.39 is 24.2 Å². The third kappa shape index (κ3) is 6.32. The summed E-state index contributed by atoms with van der Waals surface area (Å²) in [6, 6.07) is 18.3. The Hall–Kier alpha value is -3.26. The van der Waals surface area contributed by atoms with Gasteiger partial charge in [0.1, 0.15) is 18.2 Å². The van der Waals surface area contributed by atoms with E-state index in [0.717, 1.165) is 48.0 Å². The van der Waals surface area contributed by atoms with Gasteiger partial charge in [0.25, 0.3) is 5.91 Å². The van der Waals surface area contributed by atoms with E-state index in [9.17, 15) is 14.7 Å². The lowest BCUT2D eigenvalue weighted by molar-refractivity contribution is -0.160. The Labute approximate surface area is 230 Å². The smallest absolute Gasteiger partial charge is 0.326 e. The number of carbonyl (C=O) groups excluding carboxylic acids is 1. The average Bonchev–Trinajstić information content (AvgIpc) is 2.99. The maximum Gasteiger partial charge on any atom is 0.326 e. The summed E-state index contributed by atoms with van der Waals surface area (Å²) in [6.07, 6.45) is 7.59. The summed E-state index contributed by atoms with van der Waals surface area (Å²) in [4.78, 5) is 28.2. The molecule has 0 spiro atoms. The van der Waals surface area contributed by atoms with Gasteiger partial charge in [0.2, 0.25) is 0 Å². The van der Waals surface area contributed by atoms with Crippen LogP contribution < -0.4 is 0 Å². The summed E-state index contributed by atoms with van der Waals surface area (Å²) in [5.74, 6) is -1.35. The standard InChI is InChI=1S/C32H37NO6/c1-37-28-18-17-24-20-33(27(32(35)36)19-26(24)30(28)38-21-22-11-5-2-6-12-22)31(34)29(23-13-7-3-8-14-23)39-25-15-9-4-10-16-25/h2-3,5-8,11-14,17-18,25,27-30H,4,9-10,15-16,19-21H2,1H3,(H,35,36). The monoisotopic (exact) mass is 531 g/mol. The lowest BCUT2D eigenvalue weighted by atomic mass is 9.84. The molecule has 3 aliphatic rings. The van der Waals surface area contributed by atoms with Gasteiger partial charge in [0.05, 0.1) is 12.7 Å². The van der Waals surface area contributed by atoms with Gasteiger partial charge in [-0.1, -0.05) is 92.1 Å². The third-order valence-corrected chi connectivity index (χ3v) is 7.99. The zero-order valence-electron chi connectivity index (χ0n) is 22.4. The predicted molar refractivity (Wildman–Crippen MR) is 147 cm³/mol. The zero-order valence-corrected chi connectivity index (χ0v) is 22.4. The summed E-state index contributed by atoms with van der Waals surface area (Å²) >= 11 is 0. The van der Waals surface area contributed by atoms with Crippen molar-refractivity contribution >= 4 is 11.9 Å². The Bertz CT molecular complexity index is 1190. The molecule has 7 nitrogen and oxygen atoms in total. The first-order chi connectivity index (χ1) is 19.0. The van der Waals surface area contributed by atoms with Gasteiger partial charge >= 0.3 is 5.97 Å². The molecule has 5 rings (SSSR count). The number of carbonyl (C=O) groups is 2. The van der Waals surface area contributed by atoms with Crippen molar-refractivity contribution in [3.8, 4) is 0 Å². The van der Waals surface area contributed by atoms with E-state index in [-0.39, 0.29) is 31.1 Å². The van der Waals surface area contributed by atoms with E-state index in [0.29, 0.717) is 6.61 Å². The maximum absolute atomic E-state index is 14.1. The molecule has 0 aromatic heterocycles. The molecule has 1 saturated carbocycles. The molecule has 7 heteroatoms. The first kappa shape index (κ1) is 27.3. The van der Waals surface area contributed by atoms with E-state index >= 15 is 0 Å². The van der Waals surface area contributed by atoms with Crippen LogP contribution in [0.1, 0.15) is 55.8 Å². The number of ether oxygens (including phenoxy) is 3. The molecule has 39 heavy (non-hydrogen) atoms. The lowest BCUT2D eigenvalue weighted by Gasteiger charge is -2.42. The molecule has 0 bridgehead atoms. The first-order valence-electron chi connectivity index (χ1n) is 13.9. The number of hydrogen-bond donors (Lipinski definition) is 1. The van der Waals surface area contributed by atoms with Crippen molar-refractivity contribution in [2.45, 2.75) is 75.6 Å². The molecule has 1 N–H and O–H groups in total. The van der Waals surface area contributed by atoms with Crippen LogP contribution in [0.2, 0.25) is 0 Å². The van der Waals surface area contributed by atoms with Crippen LogP contribution in [0, 0.1) is 0 Å². The molecule has 4 atom stereocenters. The topological polar surface area (TPSA) is 85.3 Å². The van der Waals surface area contributed by atoms with Crippen molar-refractivity contribution in [1.82, 2.24) is 4.90 Å². The van der Waals surface area contributed by atoms with Crippen molar-refractivity contribution < 1.29 is 28.9 Å². The Morgan fingerprint density at radius 1 is 1.00 bits per heavy atom. The first-order valence-corrected chi connectivity index (χ1v) is 13.9. The molecule has 4 unspecified atom stereocenters. The highest BCUT2D eigenvalue weighted by Gasteiger charge is 2.43. The second-order valence-corrected chi connectivity index (χ2v) is 10.5. The van der Waals surface area contributed by atoms with E-state index in [1.807, 2.05) is 72.8 Å². The van der Waals surface area contributed by atoms with Crippen molar-refractivity contribution in [2.24, 2.45) is 0 Å². The normalized spacial score (nSPS) is 24.3. The maximum atomic E-state index is 14.1. The Balaban J connectivity index is 1.41. The van der Waals surface area contributed by atoms with Crippen LogP contribution in [0.15, 0.2) is 84.0 Å². The van der Waals surface area contributed by atoms with Gasteiger partial charge in [-0.05, 0) is 35.1 Å². The SMILES string of the molecule is COC1C=CC2=C(CC(C(=O)O)N(C(=O)C(OC3CCCCC3)c3ccccc3)C2)C1OCc1ccccc1. The lowest BCUT2D eigenvalue weighted by Crippen LogP contribution is -2.53. The second-order valence-electron chi connectivity index (χ2n) is 10.5. The molecule has 2 aliphatic carbocycles. The fraction of sp³-hybridized carbons (Fsp3) is 0.438. The van der Waals surface area contributed by atoms with Gasteiger partial charge in [-0.2, -0.15) is 0 Å². The average molecular weight is 532 g/mol. The quantitative estimate of drug-likeness (QED) is 0.477. The zero-order chi connectivity index (χ0) is 27.2. The number of aliphatic carboxylic acids is 1. The summed E-state index contributed by atoms with van der Waals surface area (Å²) in [5, 5.41) is 10.3. The molecule has 2 aromatic rings. The van der Waals surface area contributed by atoms with Gasteiger partial charge in [-0.25, -0.2) is 4.79 Å². The number of carboxylic acid groups (broad SMARTS) is 1. The largest absolute Gasteiger partial charge is 0.480 e. The van der Waals surface area contributed by atoms with Crippen molar-refractivity contribution in [1.29, 1.82) is 0 Å². The molecule has 1 aliphatic heterocycles. The molecular weight excluding hydrogens is 494 g/mol. The fourth-order valence-electron chi connectivity index (χ4n) is 5.88. The number of amides is 1. The molecule has 1 fully saturated rings. The number of hydrogen-bond acceptors (Lipinski definition) is 5. The highest BCUT2D eigenvalue weighted by atomic mass is 16.5. The number of benzene rings is 2. The molecule has 0 radical (unpaired) electrons. The molecule has 206 valence electrons. The highest BCUT2D eigenvalue weighted by Crippen LogP contribution is 2.37. The summed E-state index contributed by atoms with van der Waals surface area (Å²) in [7, 11) is 1.62. The van der Waals surface area contributed by atoms with Crippen molar-refractivity contribution in [3.05, 3.63) is 95.1 Å². The fourth-order valence-corrected chi connectivity index (χ4v) is 5.88. The number of nitrogens with zero attached hydrogens (tertiary/aromatic N) is 1. The minimum absolute atomic E-state index is 0.0106. The van der Waals surface area contributed by atoms with E-state index in [1.54, 1.807) is 7.11 Å². The van der Waals surface area contributed by atoms with E-state index in [1.165, 1.54) is 11.3 Å². The molecule has 1 heterocycles. The van der Waals surface area contributed by atoms with Gasteiger partial charge in [-0.3, -0.25) is 4.79 Å². The Kier molecular flexibility index (Phi) is 8.91. The molecular formula is C32H37NO6. The van der Waals surface area contributed by atoms with Crippen molar-refractivity contribution in [3.63, 3.8) is 0 Å². The summed E-state index contributed by atoms with van der Waals surface area (Å²) in [6.45, 7) is 0.558. The minimum atomic E-state index is -1.04. The van der Waals surface area contributed by atoms with Crippen LogP contribution in [0.3, 0.4) is 0 Å². The molecule has 1 amide bonds. The number of rotatable bonds is 9. The minimum Gasteiger partial charge on any atom is -0.480 e. The van der Waals surface area contributed by atoms with Crippen LogP contribution in [-0.2, 0) is 30.4 Å². The van der Waals surface area contributed by atoms with Crippen LogP contribution in [0.25, 0.3) is 0 Å². The number of carboxylic acids is 1. The van der Waals surface area contributed by atoms with Gasteiger partial charge in [0.15, 0.2) is 6.10 Å². The third-order valence-electron chi connectivity index (χ3n) is 7.99. The van der Waals surface area contributed by atoms with Crippen LogP contribution >= 0.6 is 0 Å². The second kappa shape index (κ2) is 12.7. The van der Waals surface area contributed by atoms with Crippen LogP contribution in [0.5, 0.6) is 0 Å². The van der Waals surface area contributed by atoms with Gasteiger partial charge in [0, 0.05) is 20.1 Å². The van der Waals surface area contributed by atoms with Gasteiger partial charge < -0.3 is 24.2 Å². The van der Waals surface area contributed by atoms with Gasteiger partial charge in [-0.15, -0.1) is 0 Å². The molecule has 2 aromatic carbocycles. The molecule has 0 saturated heterocycles. The van der Waals surface area contributed by atoms with E-state index in [4.69, 9.17) is 14.2 Å².